The molecular weight excluding hydrogens is 502 g/mol. The molecule has 0 saturated carbocycles. The summed E-state index contributed by atoms with van der Waals surface area (Å²) >= 11 is 0. The molecule has 1 aromatic carbocycles. The summed E-state index contributed by atoms with van der Waals surface area (Å²) in [4.78, 5) is 53.3. The Balaban J connectivity index is 1.45. The average Bonchev–Trinajstić information content (AvgIpc) is 3.61. The maximum absolute atomic E-state index is 12.9. The molecule has 0 saturated heterocycles. The number of nitrogens with one attached hydrogen (secondary N) is 5. The number of aromatic nitrogens is 3. The van der Waals surface area contributed by atoms with E-state index in [9.17, 15) is 19.2 Å². The fourth-order valence-corrected chi connectivity index (χ4v) is 4.07. The molecule has 0 fully saturated rings. The summed E-state index contributed by atoms with van der Waals surface area (Å²) in [6.45, 7) is 1.35. The van der Waals surface area contributed by atoms with Crippen LogP contribution >= 0.6 is 0 Å². The van der Waals surface area contributed by atoms with E-state index >= 15 is 0 Å². The molecule has 0 aliphatic carbocycles. The van der Waals surface area contributed by atoms with Gasteiger partial charge >= 0.3 is 0 Å². The first-order valence-corrected chi connectivity index (χ1v) is 12.2. The van der Waals surface area contributed by atoms with Gasteiger partial charge in [-0.05, 0) is 36.4 Å². The van der Waals surface area contributed by atoms with Crippen molar-refractivity contribution in [1.29, 1.82) is 0 Å². The Hall–Kier alpha value is -4.88. The number of H-pyrrole nitrogens is 1. The highest BCUT2D eigenvalue weighted by Gasteiger charge is 2.17. The first kappa shape index (κ1) is 27.2. The van der Waals surface area contributed by atoms with Gasteiger partial charge in [-0.3, -0.25) is 19.2 Å². The van der Waals surface area contributed by atoms with E-state index in [0.29, 0.717) is 65.4 Å². The molecule has 3 aromatic heterocycles. The van der Waals surface area contributed by atoms with E-state index in [1.807, 2.05) is 0 Å². The molecule has 39 heavy (non-hydrogen) atoms. The van der Waals surface area contributed by atoms with E-state index in [-0.39, 0.29) is 23.4 Å². The van der Waals surface area contributed by atoms with Crippen molar-refractivity contribution in [2.45, 2.75) is 0 Å². The minimum Gasteiger partial charge on any atom is -0.351 e. The molecule has 0 unspecified atom stereocenters. The molecule has 0 atom stereocenters. The number of hydrogen-bond donors (Lipinski definition) is 7. The third kappa shape index (κ3) is 6.17. The third-order valence-electron chi connectivity index (χ3n) is 5.98. The Kier molecular flexibility index (Phi) is 8.13. The molecule has 13 nitrogen and oxygen atoms in total. The summed E-state index contributed by atoms with van der Waals surface area (Å²) in [6, 6.07) is 9.81. The largest absolute Gasteiger partial charge is 0.351 e. The summed E-state index contributed by atoms with van der Waals surface area (Å²) in [5, 5.41) is 11.6. The minimum atomic E-state index is -0.401. The molecule has 0 aliphatic heterocycles. The molecule has 0 radical (unpaired) electrons. The molecule has 4 aromatic rings. The van der Waals surface area contributed by atoms with Crippen LogP contribution in [0.5, 0.6) is 0 Å². The van der Waals surface area contributed by atoms with Crippen LogP contribution in [0.15, 0.2) is 48.8 Å². The molecule has 0 spiro atoms. The van der Waals surface area contributed by atoms with Gasteiger partial charge in [-0.15, -0.1) is 0 Å². The Morgan fingerprint density at radius 1 is 0.744 bits per heavy atom. The van der Waals surface area contributed by atoms with Crippen LogP contribution in [0, 0.1) is 0 Å². The number of aromatic amines is 1. The number of carbonyl (C=O) groups is 4. The van der Waals surface area contributed by atoms with Gasteiger partial charge in [-0.1, -0.05) is 0 Å². The summed E-state index contributed by atoms with van der Waals surface area (Å²) in [7, 11) is 3.41. The second kappa shape index (κ2) is 11.7. The van der Waals surface area contributed by atoms with E-state index in [4.69, 9.17) is 11.5 Å². The number of rotatable bonds is 10. The third-order valence-corrected chi connectivity index (χ3v) is 5.98. The Labute approximate surface area is 223 Å². The van der Waals surface area contributed by atoms with E-state index in [1.165, 1.54) is 0 Å². The fraction of sp³-hybridized carbons (Fsp3) is 0.231. The minimum absolute atomic E-state index is 0.287. The van der Waals surface area contributed by atoms with Crippen molar-refractivity contribution in [2.75, 3.05) is 36.8 Å². The van der Waals surface area contributed by atoms with Crippen LogP contribution in [-0.4, -0.2) is 63.9 Å². The summed E-state index contributed by atoms with van der Waals surface area (Å²) in [5.74, 6) is -1.35. The molecular formula is C26H31N9O4. The maximum atomic E-state index is 12.9. The van der Waals surface area contributed by atoms with Crippen molar-refractivity contribution in [1.82, 2.24) is 24.8 Å². The highest BCUT2D eigenvalue weighted by molar-refractivity contribution is 6.09. The van der Waals surface area contributed by atoms with Gasteiger partial charge in [0.05, 0.1) is 11.4 Å². The van der Waals surface area contributed by atoms with Gasteiger partial charge in [0.25, 0.3) is 23.6 Å². The van der Waals surface area contributed by atoms with Crippen molar-refractivity contribution < 1.29 is 19.2 Å². The normalized spacial score (nSPS) is 10.9. The van der Waals surface area contributed by atoms with Crippen molar-refractivity contribution >= 4 is 45.9 Å². The molecule has 0 bridgehead atoms. The van der Waals surface area contributed by atoms with Gasteiger partial charge in [0.1, 0.15) is 17.1 Å². The van der Waals surface area contributed by atoms with Crippen LogP contribution in [0.3, 0.4) is 0 Å². The summed E-state index contributed by atoms with van der Waals surface area (Å²) in [6.07, 6.45) is 3.28. The lowest BCUT2D eigenvalue weighted by Crippen LogP contribution is -2.30. The number of nitrogens with two attached hydrogens (primary N) is 2. The molecule has 0 aliphatic rings. The van der Waals surface area contributed by atoms with Crippen LogP contribution in [0.25, 0.3) is 10.9 Å². The number of carbonyl (C=O) groups excluding carboxylic acids is 4. The molecule has 3 heterocycles. The van der Waals surface area contributed by atoms with Gasteiger partial charge in [0, 0.05) is 69.1 Å². The lowest BCUT2D eigenvalue weighted by molar-refractivity contribution is 0.0938. The second-order valence-electron chi connectivity index (χ2n) is 8.93. The fourth-order valence-electron chi connectivity index (χ4n) is 4.07. The maximum Gasteiger partial charge on any atom is 0.272 e. The van der Waals surface area contributed by atoms with Gasteiger partial charge in [0.15, 0.2) is 0 Å². The number of amides is 4. The first-order valence-electron chi connectivity index (χ1n) is 12.2. The molecule has 13 heteroatoms. The van der Waals surface area contributed by atoms with Gasteiger partial charge in [-0.25, -0.2) is 0 Å². The predicted octanol–water partition coefficient (Wildman–Crippen LogP) is 0.727. The predicted molar refractivity (Wildman–Crippen MR) is 148 cm³/mol. The first-order chi connectivity index (χ1) is 18.7. The number of aryl methyl sites for hydroxylation is 2. The number of fused-ring (bicyclic) bond motifs is 1. The SMILES string of the molecule is Cn1cc(NC(=O)c2ccc3[nH]c(C(=O)Nc4cc(C(=O)NCCN)n(C)c4)cc3c2)cc1C(=O)NCCN. The van der Waals surface area contributed by atoms with Crippen LogP contribution < -0.4 is 32.7 Å². The standard InChI is InChI=1S/C26H31N9O4/c1-34-13-17(11-21(34)25(38)29-7-5-27)31-23(36)15-3-4-19-16(9-15)10-20(33-19)24(37)32-18-12-22(35(2)14-18)26(39)30-8-6-28/h3-4,9-14,33H,5-8,27-28H2,1-2H3,(H,29,38)(H,30,39)(H,31,36)(H,32,37). The van der Waals surface area contributed by atoms with Gasteiger partial charge < -0.3 is 46.9 Å². The van der Waals surface area contributed by atoms with Crippen LogP contribution in [-0.2, 0) is 14.1 Å². The zero-order chi connectivity index (χ0) is 28.1. The van der Waals surface area contributed by atoms with E-state index in [2.05, 4.69) is 26.3 Å². The van der Waals surface area contributed by atoms with Crippen LogP contribution in [0.4, 0.5) is 11.4 Å². The van der Waals surface area contributed by atoms with Gasteiger partial charge in [0.2, 0.25) is 0 Å². The quantitative estimate of drug-likeness (QED) is 0.157. The van der Waals surface area contributed by atoms with Crippen LogP contribution in [0.2, 0.25) is 0 Å². The molecule has 4 amide bonds. The monoisotopic (exact) mass is 533 g/mol. The molecule has 4 rings (SSSR count). The highest BCUT2D eigenvalue weighted by Crippen LogP contribution is 2.21. The van der Waals surface area contributed by atoms with Crippen molar-refractivity contribution in [3.05, 3.63) is 71.4 Å². The molecule has 9 N–H and O–H groups in total. The van der Waals surface area contributed by atoms with Crippen molar-refractivity contribution in [3.8, 4) is 0 Å². The summed E-state index contributed by atoms with van der Waals surface area (Å²) < 4.78 is 3.23. The number of hydrogen-bond acceptors (Lipinski definition) is 6. The van der Waals surface area contributed by atoms with E-state index < -0.39 is 5.91 Å². The Morgan fingerprint density at radius 2 is 1.28 bits per heavy atom. The van der Waals surface area contributed by atoms with E-state index in [1.54, 1.807) is 72.0 Å². The number of anilines is 2. The second-order valence-corrected chi connectivity index (χ2v) is 8.93. The summed E-state index contributed by atoms with van der Waals surface area (Å²) in [5.41, 5.74) is 13.9. The lowest BCUT2D eigenvalue weighted by Gasteiger charge is -2.03. The van der Waals surface area contributed by atoms with Crippen molar-refractivity contribution in [3.63, 3.8) is 0 Å². The average molecular weight is 534 g/mol. The molecule has 204 valence electrons. The van der Waals surface area contributed by atoms with Gasteiger partial charge in [-0.2, -0.15) is 0 Å². The Bertz CT molecular complexity index is 1470. The number of benzene rings is 1. The Morgan fingerprint density at radius 3 is 1.82 bits per heavy atom. The lowest BCUT2D eigenvalue weighted by atomic mass is 10.1. The zero-order valence-electron chi connectivity index (χ0n) is 21.6. The topological polar surface area (TPSA) is 194 Å². The highest BCUT2D eigenvalue weighted by atomic mass is 16.2. The van der Waals surface area contributed by atoms with E-state index in [0.717, 1.165) is 0 Å². The number of nitrogens with zero attached hydrogens (tertiary/aromatic N) is 2. The zero-order valence-corrected chi connectivity index (χ0v) is 21.6. The smallest absolute Gasteiger partial charge is 0.272 e. The van der Waals surface area contributed by atoms with Crippen LogP contribution in [0.1, 0.15) is 41.8 Å². The van der Waals surface area contributed by atoms with Crippen molar-refractivity contribution in [2.24, 2.45) is 25.6 Å².